The molecular formula is C24H27N3O3S2. The lowest BCUT2D eigenvalue weighted by molar-refractivity contribution is -0.127. The maximum Gasteiger partial charge on any atom is 0.267 e. The summed E-state index contributed by atoms with van der Waals surface area (Å²) in [5, 5.41) is 1.32. The number of amides is 1. The van der Waals surface area contributed by atoms with Crippen molar-refractivity contribution in [2.75, 3.05) is 26.0 Å². The van der Waals surface area contributed by atoms with Crippen LogP contribution in [0.5, 0.6) is 5.75 Å². The number of hydrogen-bond acceptors (Lipinski definition) is 6. The minimum Gasteiger partial charge on any atom is -0.497 e. The summed E-state index contributed by atoms with van der Waals surface area (Å²) in [6.45, 7) is 1.65. The summed E-state index contributed by atoms with van der Waals surface area (Å²) in [6.07, 6.45) is 7.56. The highest BCUT2D eigenvalue weighted by atomic mass is 32.2. The van der Waals surface area contributed by atoms with Crippen molar-refractivity contribution in [1.29, 1.82) is 0 Å². The van der Waals surface area contributed by atoms with Gasteiger partial charge in [0, 0.05) is 24.0 Å². The summed E-state index contributed by atoms with van der Waals surface area (Å²) in [7, 11) is 1.62. The van der Waals surface area contributed by atoms with E-state index >= 15 is 0 Å². The standard InChI is InChI=1S/C24H27N3O3S2/c1-30-17-9-7-8-16(14-17)27-23(29)21-18-10-3-2-4-11-19(18)32-22(21)25-24(27)31-15-20(28)26-12-5-6-13-26/h7-9,14H,2-6,10-13,15H2,1H3. The summed E-state index contributed by atoms with van der Waals surface area (Å²) >= 11 is 3.01. The maximum atomic E-state index is 13.9. The molecule has 1 aromatic carbocycles. The number of carbonyl (C=O) groups is 1. The molecule has 1 aliphatic heterocycles. The average Bonchev–Trinajstić information content (AvgIpc) is 3.41. The van der Waals surface area contributed by atoms with Crippen molar-refractivity contribution in [3.63, 3.8) is 0 Å². The summed E-state index contributed by atoms with van der Waals surface area (Å²) in [5.41, 5.74) is 1.86. The van der Waals surface area contributed by atoms with Crippen LogP contribution in [0.25, 0.3) is 15.9 Å². The van der Waals surface area contributed by atoms with Gasteiger partial charge in [-0.05, 0) is 56.2 Å². The molecule has 6 nitrogen and oxygen atoms in total. The number of rotatable bonds is 5. The van der Waals surface area contributed by atoms with Crippen molar-refractivity contribution in [2.24, 2.45) is 0 Å². The van der Waals surface area contributed by atoms with Crippen LogP contribution in [0.15, 0.2) is 34.2 Å². The molecule has 1 amide bonds. The number of thioether (sulfide) groups is 1. The Hall–Kier alpha value is -2.32. The largest absolute Gasteiger partial charge is 0.497 e. The van der Waals surface area contributed by atoms with Gasteiger partial charge in [0.1, 0.15) is 10.6 Å². The first-order valence-electron chi connectivity index (χ1n) is 11.3. The normalized spacial score (nSPS) is 16.2. The minimum absolute atomic E-state index is 0.0428. The van der Waals surface area contributed by atoms with Gasteiger partial charge in [-0.1, -0.05) is 24.2 Å². The Morgan fingerprint density at radius 1 is 1.16 bits per heavy atom. The Bertz CT molecular complexity index is 1210. The molecular weight excluding hydrogens is 442 g/mol. The zero-order valence-corrected chi connectivity index (χ0v) is 19.9. The van der Waals surface area contributed by atoms with Crippen LogP contribution in [0.2, 0.25) is 0 Å². The maximum absolute atomic E-state index is 13.9. The third kappa shape index (κ3) is 4.06. The van der Waals surface area contributed by atoms with Crippen LogP contribution >= 0.6 is 23.1 Å². The van der Waals surface area contributed by atoms with E-state index in [1.807, 2.05) is 29.2 Å². The Morgan fingerprint density at radius 2 is 1.97 bits per heavy atom. The third-order valence-corrected chi connectivity index (χ3v) is 8.41. The van der Waals surface area contributed by atoms with Gasteiger partial charge in [0.05, 0.1) is 23.9 Å². The first kappa shape index (κ1) is 21.5. The second kappa shape index (κ2) is 9.27. The molecule has 0 unspecified atom stereocenters. The van der Waals surface area contributed by atoms with Gasteiger partial charge in [0.15, 0.2) is 5.16 Å². The van der Waals surface area contributed by atoms with E-state index in [-0.39, 0.29) is 17.2 Å². The van der Waals surface area contributed by atoms with E-state index in [9.17, 15) is 9.59 Å². The van der Waals surface area contributed by atoms with Gasteiger partial charge in [-0.25, -0.2) is 4.98 Å². The Morgan fingerprint density at radius 3 is 2.78 bits per heavy atom. The number of benzene rings is 1. The van der Waals surface area contributed by atoms with E-state index < -0.39 is 0 Å². The van der Waals surface area contributed by atoms with Gasteiger partial charge in [0.2, 0.25) is 5.91 Å². The van der Waals surface area contributed by atoms with Crippen LogP contribution in [-0.4, -0.2) is 46.3 Å². The van der Waals surface area contributed by atoms with Gasteiger partial charge in [-0.15, -0.1) is 11.3 Å². The fourth-order valence-corrected chi connectivity index (χ4v) is 6.84. The lowest BCUT2D eigenvalue weighted by Gasteiger charge is -2.16. The quantitative estimate of drug-likeness (QED) is 0.314. The van der Waals surface area contributed by atoms with Gasteiger partial charge in [-0.3, -0.25) is 14.2 Å². The van der Waals surface area contributed by atoms with E-state index in [1.54, 1.807) is 23.0 Å². The van der Waals surface area contributed by atoms with Crippen LogP contribution < -0.4 is 10.3 Å². The molecule has 0 spiro atoms. The summed E-state index contributed by atoms with van der Waals surface area (Å²) in [5.74, 6) is 1.08. The van der Waals surface area contributed by atoms with Crippen LogP contribution in [0, 0.1) is 0 Å². The predicted octanol–water partition coefficient (Wildman–Crippen LogP) is 4.44. The van der Waals surface area contributed by atoms with E-state index in [0.717, 1.165) is 61.8 Å². The van der Waals surface area contributed by atoms with Crippen LogP contribution in [0.1, 0.15) is 42.5 Å². The zero-order valence-electron chi connectivity index (χ0n) is 18.3. The van der Waals surface area contributed by atoms with Crippen molar-refractivity contribution < 1.29 is 9.53 Å². The van der Waals surface area contributed by atoms with Crippen molar-refractivity contribution in [3.8, 4) is 11.4 Å². The monoisotopic (exact) mass is 469 g/mol. The molecule has 2 aromatic heterocycles. The topological polar surface area (TPSA) is 64.4 Å². The average molecular weight is 470 g/mol. The smallest absolute Gasteiger partial charge is 0.267 e. The SMILES string of the molecule is COc1cccc(-n2c(SCC(=O)N3CCCC3)nc3sc4c(c3c2=O)CCCCC4)c1. The first-order chi connectivity index (χ1) is 15.7. The lowest BCUT2D eigenvalue weighted by atomic mass is 10.1. The van der Waals surface area contributed by atoms with Gasteiger partial charge in [0.25, 0.3) is 5.56 Å². The molecule has 0 atom stereocenters. The highest BCUT2D eigenvalue weighted by molar-refractivity contribution is 7.99. The summed E-state index contributed by atoms with van der Waals surface area (Å²) < 4.78 is 7.07. The summed E-state index contributed by atoms with van der Waals surface area (Å²) in [4.78, 5) is 35.5. The van der Waals surface area contributed by atoms with Crippen LogP contribution in [0.3, 0.4) is 0 Å². The van der Waals surface area contributed by atoms with E-state index in [0.29, 0.717) is 16.6 Å². The third-order valence-electron chi connectivity index (χ3n) is 6.30. The Balaban J connectivity index is 1.61. The molecule has 32 heavy (non-hydrogen) atoms. The number of carbonyl (C=O) groups excluding carboxylic acids is 1. The van der Waals surface area contributed by atoms with Gasteiger partial charge in [-0.2, -0.15) is 0 Å². The van der Waals surface area contributed by atoms with Crippen molar-refractivity contribution in [3.05, 3.63) is 45.1 Å². The second-order valence-electron chi connectivity index (χ2n) is 8.36. The molecule has 0 saturated carbocycles. The van der Waals surface area contributed by atoms with E-state index in [4.69, 9.17) is 9.72 Å². The highest BCUT2D eigenvalue weighted by Gasteiger charge is 2.24. The molecule has 8 heteroatoms. The van der Waals surface area contributed by atoms with Crippen LogP contribution in [0.4, 0.5) is 0 Å². The predicted molar refractivity (Wildman–Crippen MR) is 130 cm³/mol. The molecule has 1 aliphatic carbocycles. The number of methoxy groups -OCH3 is 1. The molecule has 168 valence electrons. The fourth-order valence-electron chi connectivity index (χ4n) is 4.62. The number of fused-ring (bicyclic) bond motifs is 3. The second-order valence-corrected chi connectivity index (χ2v) is 10.4. The molecule has 3 aromatic rings. The van der Waals surface area contributed by atoms with E-state index in [1.165, 1.54) is 28.6 Å². The number of aryl methyl sites for hydroxylation is 2. The zero-order chi connectivity index (χ0) is 22.1. The lowest BCUT2D eigenvalue weighted by Crippen LogP contribution is -2.29. The minimum atomic E-state index is -0.0428. The number of nitrogens with zero attached hydrogens (tertiary/aromatic N) is 3. The fraction of sp³-hybridized carbons (Fsp3) is 0.458. The number of thiophene rings is 1. The highest BCUT2D eigenvalue weighted by Crippen LogP contribution is 2.35. The van der Waals surface area contributed by atoms with Gasteiger partial charge < -0.3 is 9.64 Å². The van der Waals surface area contributed by atoms with Crippen molar-refractivity contribution >= 4 is 39.2 Å². The summed E-state index contributed by atoms with van der Waals surface area (Å²) in [6, 6.07) is 7.49. The van der Waals surface area contributed by atoms with Crippen molar-refractivity contribution in [2.45, 2.75) is 50.1 Å². The molecule has 1 fully saturated rings. The molecule has 1 saturated heterocycles. The number of ether oxygens (including phenoxy) is 1. The molecule has 5 rings (SSSR count). The van der Waals surface area contributed by atoms with Gasteiger partial charge >= 0.3 is 0 Å². The molecule has 2 aliphatic rings. The Kier molecular flexibility index (Phi) is 6.24. The van der Waals surface area contributed by atoms with Crippen molar-refractivity contribution in [1.82, 2.24) is 14.5 Å². The number of hydrogen-bond donors (Lipinski definition) is 0. The number of likely N-dealkylation sites (tertiary alicyclic amines) is 1. The molecule has 0 N–H and O–H groups in total. The van der Waals surface area contributed by atoms with E-state index in [2.05, 4.69) is 0 Å². The first-order valence-corrected chi connectivity index (χ1v) is 13.1. The molecule has 0 bridgehead atoms. The molecule has 0 radical (unpaired) electrons. The number of aromatic nitrogens is 2. The Labute approximate surface area is 195 Å². The van der Waals surface area contributed by atoms with Crippen LogP contribution in [-0.2, 0) is 17.6 Å². The molecule has 3 heterocycles.